The highest BCUT2D eigenvalue weighted by Crippen LogP contribution is 2.47. The average molecular weight is 599 g/mol. The minimum absolute atomic E-state index is 0.121. The number of aromatic nitrogens is 4. The van der Waals surface area contributed by atoms with E-state index in [0.717, 1.165) is 36.8 Å². The molecule has 11 heteroatoms. The van der Waals surface area contributed by atoms with E-state index in [2.05, 4.69) is 44.7 Å². The van der Waals surface area contributed by atoms with Crippen LogP contribution in [0.25, 0.3) is 26.4 Å². The molecule has 178 valence electrons. The van der Waals surface area contributed by atoms with Gasteiger partial charge in [-0.1, -0.05) is 41.5 Å². The van der Waals surface area contributed by atoms with Crippen molar-refractivity contribution in [2.45, 2.75) is 36.3 Å². The van der Waals surface area contributed by atoms with Crippen molar-refractivity contribution < 1.29 is 17.9 Å². The Hall–Kier alpha value is -2.15. The van der Waals surface area contributed by atoms with Crippen LogP contribution in [0, 0.1) is 5.41 Å². The lowest BCUT2D eigenvalue weighted by atomic mass is 9.87. The Labute approximate surface area is 211 Å². The molecule has 34 heavy (non-hydrogen) atoms. The van der Waals surface area contributed by atoms with Gasteiger partial charge >= 0.3 is 6.18 Å². The molecule has 0 N–H and O–H groups in total. The van der Waals surface area contributed by atoms with Gasteiger partial charge in [-0.15, -0.1) is 21.5 Å². The van der Waals surface area contributed by atoms with Crippen molar-refractivity contribution in [2.24, 2.45) is 5.41 Å². The quantitative estimate of drug-likeness (QED) is 0.199. The Bertz CT molecular complexity index is 1410. The number of nitrogens with zero attached hydrogens (tertiary/aromatic N) is 5. The third kappa shape index (κ3) is 3.45. The van der Waals surface area contributed by atoms with Gasteiger partial charge in [-0.25, -0.2) is 0 Å². The van der Waals surface area contributed by atoms with Crippen LogP contribution < -0.4 is 9.64 Å². The Morgan fingerprint density at radius 1 is 1.21 bits per heavy atom. The highest BCUT2D eigenvalue weighted by Gasteiger charge is 2.40. The molecule has 6 nitrogen and oxygen atoms in total. The fourth-order valence-corrected chi connectivity index (χ4v) is 6.96. The Balaban J connectivity index is 1.52. The van der Waals surface area contributed by atoms with Crippen molar-refractivity contribution in [3.8, 4) is 16.5 Å². The zero-order chi connectivity index (χ0) is 23.7. The molecule has 0 bridgehead atoms. The van der Waals surface area contributed by atoms with Crippen LogP contribution in [0.3, 0.4) is 0 Å². The fourth-order valence-electron chi connectivity index (χ4n) is 5.39. The van der Waals surface area contributed by atoms with Crippen molar-refractivity contribution >= 4 is 55.3 Å². The summed E-state index contributed by atoms with van der Waals surface area (Å²) in [6.07, 6.45) is 0.262. The van der Waals surface area contributed by atoms with Gasteiger partial charge in [0.05, 0.1) is 22.7 Å². The maximum atomic E-state index is 13.5. The first kappa shape index (κ1) is 22.3. The van der Waals surface area contributed by atoms with E-state index < -0.39 is 11.7 Å². The topological polar surface area (TPSA) is 55.5 Å². The van der Waals surface area contributed by atoms with Gasteiger partial charge in [0.2, 0.25) is 5.65 Å². The lowest BCUT2D eigenvalue weighted by molar-refractivity contribution is -0.136. The van der Waals surface area contributed by atoms with Crippen molar-refractivity contribution in [1.29, 1.82) is 0 Å². The van der Waals surface area contributed by atoms with Crippen molar-refractivity contribution in [3.63, 3.8) is 0 Å². The lowest BCUT2D eigenvalue weighted by Crippen LogP contribution is -2.36. The van der Waals surface area contributed by atoms with E-state index in [-0.39, 0.29) is 10.8 Å². The maximum Gasteiger partial charge on any atom is 0.417 e. The number of hydrogen-bond donors (Lipinski definition) is 0. The van der Waals surface area contributed by atoms with Gasteiger partial charge in [0.1, 0.15) is 5.69 Å². The molecule has 1 aliphatic carbocycles. The normalized spacial score (nSPS) is 18.0. The third-order valence-electron chi connectivity index (χ3n) is 6.91. The average Bonchev–Trinajstić information content (AvgIpc) is 3.51. The van der Waals surface area contributed by atoms with Crippen LogP contribution in [0.2, 0.25) is 0 Å². The van der Waals surface area contributed by atoms with E-state index in [1.807, 2.05) is 0 Å². The molecule has 3 aromatic heterocycles. The molecule has 1 aromatic carbocycles. The van der Waals surface area contributed by atoms with Gasteiger partial charge in [0.25, 0.3) is 0 Å². The number of thiophene rings is 1. The van der Waals surface area contributed by atoms with Crippen LogP contribution in [0.5, 0.6) is 5.75 Å². The molecule has 2 aliphatic rings. The molecule has 0 atom stereocenters. The van der Waals surface area contributed by atoms with Crippen molar-refractivity contribution in [3.05, 3.63) is 35.5 Å². The van der Waals surface area contributed by atoms with Crippen LogP contribution in [0.1, 0.15) is 36.9 Å². The Morgan fingerprint density at radius 2 is 2.00 bits per heavy atom. The van der Waals surface area contributed by atoms with E-state index in [1.165, 1.54) is 36.3 Å². The summed E-state index contributed by atoms with van der Waals surface area (Å²) in [6.45, 7) is 1.52. The second-order valence-corrected chi connectivity index (χ2v) is 11.0. The SMILES string of the molecule is CN1CC2(CCCC2)COc2c1c(CI)nn1c(-c3cc4c(C(F)(F)F)cccc4s3)nnc21. The predicted octanol–water partition coefficient (Wildman–Crippen LogP) is 6.35. The standard InChI is InChI=1S/C23H21F3IN5OS/c1-31-11-22(7-2-3-8-22)12-33-19-18(31)15(10-27)30-32-20(28-29-21(19)32)17-9-13-14(23(24,25)26)5-4-6-16(13)34-17/h4-6,9H,2-3,7-8,10-12H2,1H3. The maximum absolute atomic E-state index is 13.5. The summed E-state index contributed by atoms with van der Waals surface area (Å²) < 4.78 is 49.9. The zero-order valence-corrected chi connectivity index (χ0v) is 21.3. The molecule has 0 radical (unpaired) electrons. The van der Waals surface area contributed by atoms with Gasteiger partial charge in [0.15, 0.2) is 11.6 Å². The summed E-state index contributed by atoms with van der Waals surface area (Å²) in [6, 6.07) is 5.77. The summed E-state index contributed by atoms with van der Waals surface area (Å²) in [5, 5.41) is 13.8. The molecule has 1 fully saturated rings. The second-order valence-electron chi connectivity index (χ2n) is 9.19. The van der Waals surface area contributed by atoms with Gasteiger partial charge in [-0.3, -0.25) is 0 Å². The summed E-state index contributed by atoms with van der Waals surface area (Å²) in [7, 11) is 2.07. The first-order valence-corrected chi connectivity index (χ1v) is 13.4. The minimum Gasteiger partial charge on any atom is -0.487 e. The summed E-state index contributed by atoms with van der Waals surface area (Å²) in [5.41, 5.74) is 1.74. The van der Waals surface area contributed by atoms with Crippen LogP contribution in [-0.2, 0) is 10.6 Å². The second kappa shape index (κ2) is 7.94. The van der Waals surface area contributed by atoms with E-state index in [0.29, 0.717) is 37.8 Å². The van der Waals surface area contributed by atoms with E-state index in [4.69, 9.17) is 9.84 Å². The number of fused-ring (bicyclic) bond motifs is 4. The molecule has 4 heterocycles. The molecule has 1 spiro atoms. The first-order chi connectivity index (χ1) is 16.3. The molecule has 0 amide bonds. The number of rotatable bonds is 2. The van der Waals surface area contributed by atoms with Crippen molar-refractivity contribution in [2.75, 3.05) is 25.1 Å². The minimum atomic E-state index is -4.43. The van der Waals surface area contributed by atoms with Gasteiger partial charge in [-0.2, -0.15) is 22.8 Å². The van der Waals surface area contributed by atoms with E-state index >= 15 is 0 Å². The number of alkyl halides is 4. The number of anilines is 1. The van der Waals surface area contributed by atoms with Crippen LogP contribution in [-0.4, -0.2) is 40.0 Å². The lowest BCUT2D eigenvalue weighted by Gasteiger charge is -2.30. The predicted molar refractivity (Wildman–Crippen MR) is 134 cm³/mol. The van der Waals surface area contributed by atoms with Gasteiger partial charge < -0.3 is 9.64 Å². The first-order valence-electron chi connectivity index (χ1n) is 11.1. The highest BCUT2D eigenvalue weighted by molar-refractivity contribution is 14.1. The Morgan fingerprint density at radius 3 is 2.74 bits per heavy atom. The molecule has 6 rings (SSSR count). The van der Waals surface area contributed by atoms with E-state index in [1.54, 1.807) is 10.6 Å². The number of benzene rings is 1. The van der Waals surface area contributed by atoms with E-state index in [9.17, 15) is 13.2 Å². The molecular formula is C23H21F3IN5OS. The number of hydrogen-bond acceptors (Lipinski definition) is 6. The molecule has 4 aromatic rings. The summed E-state index contributed by atoms with van der Waals surface area (Å²) in [4.78, 5) is 2.82. The van der Waals surface area contributed by atoms with Crippen LogP contribution in [0.4, 0.5) is 18.9 Å². The number of ether oxygens (including phenoxy) is 1. The zero-order valence-electron chi connectivity index (χ0n) is 18.3. The Kier molecular flexibility index (Phi) is 5.21. The largest absolute Gasteiger partial charge is 0.487 e. The molecule has 1 saturated carbocycles. The summed E-state index contributed by atoms with van der Waals surface area (Å²) >= 11 is 3.54. The van der Waals surface area contributed by atoms with Crippen LogP contribution in [0.15, 0.2) is 24.3 Å². The third-order valence-corrected chi connectivity index (χ3v) is 8.73. The molecule has 0 unspecified atom stereocenters. The summed E-state index contributed by atoms with van der Waals surface area (Å²) in [5.74, 6) is 1.08. The van der Waals surface area contributed by atoms with Crippen molar-refractivity contribution in [1.82, 2.24) is 19.8 Å². The number of halogens is 4. The molecule has 0 saturated heterocycles. The monoisotopic (exact) mass is 599 g/mol. The highest BCUT2D eigenvalue weighted by atomic mass is 127. The van der Waals surface area contributed by atoms with Crippen LogP contribution >= 0.6 is 33.9 Å². The molecular weight excluding hydrogens is 578 g/mol. The van der Waals surface area contributed by atoms with Gasteiger partial charge in [0, 0.05) is 33.5 Å². The smallest absolute Gasteiger partial charge is 0.417 e. The molecule has 1 aliphatic heterocycles. The van der Waals surface area contributed by atoms with Gasteiger partial charge in [-0.05, 0) is 31.0 Å². The fraction of sp³-hybridized carbons (Fsp3) is 0.435.